The fourth-order valence-corrected chi connectivity index (χ4v) is 1.88. The van der Waals surface area contributed by atoms with Crippen LogP contribution in [0.4, 0.5) is 11.8 Å². The van der Waals surface area contributed by atoms with E-state index in [-0.39, 0.29) is 0 Å². The molecule has 0 fully saturated rings. The molecule has 0 unspecified atom stereocenters. The second kappa shape index (κ2) is 6.49. The van der Waals surface area contributed by atoms with E-state index >= 15 is 0 Å². The molecule has 0 atom stereocenters. The van der Waals surface area contributed by atoms with Crippen molar-refractivity contribution in [3.05, 3.63) is 24.3 Å². The topological polar surface area (TPSA) is 79.1 Å². The number of hydrazine groups is 1. The summed E-state index contributed by atoms with van der Waals surface area (Å²) in [6, 6.07) is 8.41. The summed E-state index contributed by atoms with van der Waals surface area (Å²) in [5, 5.41) is 4.36. The maximum absolute atomic E-state index is 5.42. The van der Waals surface area contributed by atoms with E-state index in [0.717, 1.165) is 29.8 Å². The number of aromatic nitrogens is 2. The Labute approximate surface area is 119 Å². The standard InChI is InChI=1S/C14H22N6/c1-10(2)20(3)9-8-16-13-11-6-4-5-7-12(11)17-14(18-13)19-15/h4-7,10H,8-9,15H2,1-3H3,(H2,16,17,18,19). The van der Waals surface area contributed by atoms with Gasteiger partial charge in [0.25, 0.3) is 0 Å². The molecule has 1 aromatic carbocycles. The van der Waals surface area contributed by atoms with Crippen molar-refractivity contribution in [2.75, 3.05) is 30.9 Å². The molecule has 20 heavy (non-hydrogen) atoms. The summed E-state index contributed by atoms with van der Waals surface area (Å²) in [6.07, 6.45) is 0. The monoisotopic (exact) mass is 274 g/mol. The number of nitrogens with zero attached hydrogens (tertiary/aromatic N) is 3. The molecule has 1 aromatic heterocycles. The average molecular weight is 274 g/mol. The number of fused-ring (bicyclic) bond motifs is 1. The van der Waals surface area contributed by atoms with E-state index in [4.69, 9.17) is 5.84 Å². The first-order valence-corrected chi connectivity index (χ1v) is 6.79. The van der Waals surface area contributed by atoms with Gasteiger partial charge in [-0.3, -0.25) is 5.43 Å². The van der Waals surface area contributed by atoms with Crippen LogP contribution >= 0.6 is 0 Å². The molecular weight excluding hydrogens is 252 g/mol. The van der Waals surface area contributed by atoms with Crippen LogP contribution in [0.5, 0.6) is 0 Å². The lowest BCUT2D eigenvalue weighted by Crippen LogP contribution is -2.31. The zero-order valence-electron chi connectivity index (χ0n) is 12.2. The Balaban J connectivity index is 2.16. The minimum Gasteiger partial charge on any atom is -0.368 e. The van der Waals surface area contributed by atoms with Crippen molar-refractivity contribution in [2.24, 2.45) is 5.84 Å². The molecule has 2 rings (SSSR count). The zero-order chi connectivity index (χ0) is 14.5. The Morgan fingerprint density at radius 3 is 2.70 bits per heavy atom. The number of nitrogen functional groups attached to an aromatic ring is 1. The van der Waals surface area contributed by atoms with E-state index in [1.807, 2.05) is 24.3 Å². The molecule has 108 valence electrons. The number of benzene rings is 1. The minimum atomic E-state index is 0.420. The second-order valence-electron chi connectivity index (χ2n) is 5.06. The summed E-state index contributed by atoms with van der Waals surface area (Å²) in [7, 11) is 2.11. The molecule has 6 heteroatoms. The molecule has 0 amide bonds. The van der Waals surface area contributed by atoms with E-state index < -0.39 is 0 Å². The lowest BCUT2D eigenvalue weighted by Gasteiger charge is -2.21. The molecule has 4 N–H and O–H groups in total. The summed E-state index contributed by atoms with van der Waals surface area (Å²) in [4.78, 5) is 11.0. The number of nitrogens with one attached hydrogen (secondary N) is 2. The van der Waals surface area contributed by atoms with Gasteiger partial charge in [0.05, 0.1) is 5.52 Å². The van der Waals surface area contributed by atoms with Gasteiger partial charge in [0.1, 0.15) is 5.82 Å². The lowest BCUT2D eigenvalue weighted by atomic mass is 10.2. The van der Waals surface area contributed by atoms with Crippen LogP contribution in [0.3, 0.4) is 0 Å². The Kier molecular flexibility index (Phi) is 4.70. The van der Waals surface area contributed by atoms with Gasteiger partial charge in [0, 0.05) is 24.5 Å². The Morgan fingerprint density at radius 2 is 2.00 bits per heavy atom. The molecular formula is C14H22N6. The summed E-state index contributed by atoms with van der Waals surface area (Å²) in [6.45, 7) is 6.12. The van der Waals surface area contributed by atoms with Crippen LogP contribution in [0.25, 0.3) is 10.9 Å². The molecule has 0 bridgehead atoms. The molecule has 0 spiro atoms. The van der Waals surface area contributed by atoms with Gasteiger partial charge in [-0.2, -0.15) is 4.98 Å². The van der Waals surface area contributed by atoms with Gasteiger partial charge in [-0.05, 0) is 33.0 Å². The zero-order valence-corrected chi connectivity index (χ0v) is 12.2. The van der Waals surface area contributed by atoms with E-state index in [1.54, 1.807) is 0 Å². The van der Waals surface area contributed by atoms with Gasteiger partial charge in [-0.25, -0.2) is 10.8 Å². The Morgan fingerprint density at radius 1 is 1.25 bits per heavy atom. The van der Waals surface area contributed by atoms with Crippen molar-refractivity contribution < 1.29 is 0 Å². The van der Waals surface area contributed by atoms with Crippen molar-refractivity contribution in [1.82, 2.24) is 14.9 Å². The van der Waals surface area contributed by atoms with Crippen molar-refractivity contribution in [1.29, 1.82) is 0 Å². The molecule has 0 aliphatic heterocycles. The smallest absolute Gasteiger partial charge is 0.239 e. The number of hydrogen-bond donors (Lipinski definition) is 3. The maximum Gasteiger partial charge on any atom is 0.239 e. The normalized spacial score (nSPS) is 11.3. The van der Waals surface area contributed by atoms with Gasteiger partial charge in [0.15, 0.2) is 0 Å². The summed E-state index contributed by atoms with van der Waals surface area (Å²) >= 11 is 0. The van der Waals surface area contributed by atoms with E-state index in [0.29, 0.717) is 12.0 Å². The minimum absolute atomic E-state index is 0.420. The summed E-state index contributed by atoms with van der Waals surface area (Å²) < 4.78 is 0. The fourth-order valence-electron chi connectivity index (χ4n) is 1.88. The number of anilines is 2. The van der Waals surface area contributed by atoms with Crippen molar-refractivity contribution in [3.8, 4) is 0 Å². The van der Waals surface area contributed by atoms with Crippen LogP contribution in [0.2, 0.25) is 0 Å². The highest BCUT2D eigenvalue weighted by molar-refractivity contribution is 5.89. The van der Waals surface area contributed by atoms with Gasteiger partial charge >= 0.3 is 0 Å². The van der Waals surface area contributed by atoms with Gasteiger partial charge in [0.2, 0.25) is 5.95 Å². The average Bonchev–Trinajstić information content (AvgIpc) is 2.46. The first-order valence-electron chi connectivity index (χ1n) is 6.79. The van der Waals surface area contributed by atoms with Crippen LogP contribution in [-0.4, -0.2) is 41.0 Å². The number of hydrogen-bond acceptors (Lipinski definition) is 6. The first kappa shape index (κ1) is 14.5. The molecule has 6 nitrogen and oxygen atoms in total. The lowest BCUT2D eigenvalue weighted by molar-refractivity contribution is 0.284. The maximum atomic E-state index is 5.42. The Hall–Kier alpha value is -1.92. The van der Waals surface area contributed by atoms with Crippen LogP contribution in [-0.2, 0) is 0 Å². The molecule has 0 aliphatic carbocycles. The van der Waals surface area contributed by atoms with Crippen LogP contribution in [0.1, 0.15) is 13.8 Å². The molecule has 2 aromatic rings. The van der Waals surface area contributed by atoms with Crippen molar-refractivity contribution in [3.63, 3.8) is 0 Å². The van der Waals surface area contributed by atoms with Crippen molar-refractivity contribution in [2.45, 2.75) is 19.9 Å². The molecule has 1 heterocycles. The SMILES string of the molecule is CC(C)N(C)CCNc1nc(NN)nc2ccccc12. The van der Waals surface area contributed by atoms with Crippen LogP contribution < -0.4 is 16.6 Å². The molecule has 0 saturated carbocycles. The number of nitrogens with two attached hydrogens (primary N) is 1. The Bertz CT molecular complexity index is 569. The fraction of sp³-hybridized carbons (Fsp3) is 0.429. The quantitative estimate of drug-likeness (QED) is 0.549. The third-order valence-electron chi connectivity index (χ3n) is 3.37. The third kappa shape index (κ3) is 3.34. The highest BCUT2D eigenvalue weighted by Crippen LogP contribution is 2.21. The third-order valence-corrected chi connectivity index (χ3v) is 3.37. The highest BCUT2D eigenvalue weighted by Gasteiger charge is 2.07. The summed E-state index contributed by atoms with van der Waals surface area (Å²) in [5.74, 6) is 6.64. The molecule has 0 aliphatic rings. The molecule has 0 radical (unpaired) electrons. The number of likely N-dealkylation sites (N-methyl/N-ethyl adjacent to an activating group) is 1. The van der Waals surface area contributed by atoms with Gasteiger partial charge in [-0.15, -0.1) is 0 Å². The van der Waals surface area contributed by atoms with Crippen LogP contribution in [0, 0.1) is 0 Å². The number of para-hydroxylation sites is 1. The number of rotatable bonds is 6. The van der Waals surface area contributed by atoms with Crippen LogP contribution in [0.15, 0.2) is 24.3 Å². The largest absolute Gasteiger partial charge is 0.368 e. The van der Waals surface area contributed by atoms with E-state index in [2.05, 4.69) is 46.5 Å². The van der Waals surface area contributed by atoms with E-state index in [9.17, 15) is 0 Å². The first-order chi connectivity index (χ1) is 9.61. The van der Waals surface area contributed by atoms with Crippen molar-refractivity contribution >= 4 is 22.7 Å². The van der Waals surface area contributed by atoms with Gasteiger partial charge < -0.3 is 10.2 Å². The predicted octanol–water partition coefficient (Wildman–Crippen LogP) is 1.67. The predicted molar refractivity (Wildman–Crippen MR) is 83.6 cm³/mol. The molecule has 0 saturated heterocycles. The highest BCUT2D eigenvalue weighted by atomic mass is 15.3. The summed E-state index contributed by atoms with van der Waals surface area (Å²) in [5.41, 5.74) is 3.37. The second-order valence-corrected chi connectivity index (χ2v) is 5.06. The van der Waals surface area contributed by atoms with Gasteiger partial charge in [-0.1, -0.05) is 12.1 Å². The van der Waals surface area contributed by atoms with E-state index in [1.165, 1.54) is 0 Å².